The van der Waals surface area contributed by atoms with Crippen molar-refractivity contribution in [1.82, 2.24) is 4.90 Å². The third-order valence-corrected chi connectivity index (χ3v) is 3.21. The van der Waals surface area contributed by atoms with Crippen LogP contribution in [0.2, 0.25) is 0 Å². The van der Waals surface area contributed by atoms with Crippen LogP contribution in [-0.4, -0.2) is 41.1 Å². The van der Waals surface area contributed by atoms with E-state index < -0.39 is 23.5 Å². The van der Waals surface area contributed by atoms with Crippen LogP contribution in [0.4, 0.5) is 13.2 Å². The Morgan fingerprint density at radius 3 is 2.47 bits per heavy atom. The van der Waals surface area contributed by atoms with Gasteiger partial charge in [0.1, 0.15) is 0 Å². The number of carboxylic acid groups (broad SMARTS) is 1. The van der Waals surface area contributed by atoms with Crippen LogP contribution in [0.25, 0.3) is 0 Å². The molecule has 1 heterocycles. The highest BCUT2D eigenvalue weighted by Gasteiger charge is 2.50. The first-order chi connectivity index (χ1) is 7.73. The van der Waals surface area contributed by atoms with Crippen molar-refractivity contribution < 1.29 is 27.9 Å². The van der Waals surface area contributed by atoms with Crippen LogP contribution < -0.4 is 0 Å². The number of aliphatic carboxylic acids is 1. The second kappa shape index (κ2) is 3.48. The standard InChI is InChI=1S/C10H10F3NO3/c11-10(12,13)8(17)14-2-1-9(5-14)3-6(4-9)7(15)16/h3H,1-2,4-5H2,(H,15,16). The second-order valence-corrected chi connectivity index (χ2v) is 4.49. The van der Waals surface area contributed by atoms with Crippen molar-refractivity contribution in [3.05, 3.63) is 11.6 Å². The van der Waals surface area contributed by atoms with Crippen LogP contribution in [0.1, 0.15) is 12.8 Å². The highest BCUT2D eigenvalue weighted by atomic mass is 19.4. The van der Waals surface area contributed by atoms with E-state index in [0.717, 1.165) is 4.90 Å². The van der Waals surface area contributed by atoms with Gasteiger partial charge in [-0.1, -0.05) is 6.08 Å². The number of carbonyl (C=O) groups is 2. The van der Waals surface area contributed by atoms with Gasteiger partial charge in [0, 0.05) is 24.1 Å². The highest BCUT2D eigenvalue weighted by Crippen LogP contribution is 2.46. The zero-order valence-electron chi connectivity index (χ0n) is 8.75. The number of halogens is 3. The van der Waals surface area contributed by atoms with Crippen molar-refractivity contribution >= 4 is 11.9 Å². The Morgan fingerprint density at radius 2 is 2.00 bits per heavy atom. The first-order valence-electron chi connectivity index (χ1n) is 5.05. The Balaban J connectivity index is 2.03. The monoisotopic (exact) mass is 249 g/mol. The lowest BCUT2D eigenvalue weighted by Crippen LogP contribution is -2.42. The molecular formula is C10H10F3NO3. The number of likely N-dealkylation sites (tertiary alicyclic amines) is 1. The van der Waals surface area contributed by atoms with Crippen LogP contribution in [0.3, 0.4) is 0 Å². The average molecular weight is 249 g/mol. The molecule has 1 fully saturated rings. The number of carboxylic acids is 1. The number of rotatable bonds is 1. The second-order valence-electron chi connectivity index (χ2n) is 4.49. The van der Waals surface area contributed by atoms with Gasteiger partial charge in [-0.05, 0) is 12.8 Å². The lowest BCUT2D eigenvalue weighted by molar-refractivity contribution is -0.184. The van der Waals surface area contributed by atoms with Crippen LogP contribution in [0, 0.1) is 5.41 Å². The Kier molecular flexibility index (Phi) is 2.44. The van der Waals surface area contributed by atoms with Gasteiger partial charge in [-0.25, -0.2) is 4.79 Å². The molecular weight excluding hydrogens is 239 g/mol. The first kappa shape index (κ1) is 11.9. The van der Waals surface area contributed by atoms with E-state index in [-0.39, 0.29) is 25.1 Å². The van der Waals surface area contributed by atoms with Gasteiger partial charge in [-0.15, -0.1) is 0 Å². The summed E-state index contributed by atoms with van der Waals surface area (Å²) >= 11 is 0. The molecule has 1 amide bonds. The number of hydrogen-bond acceptors (Lipinski definition) is 2. The van der Waals surface area contributed by atoms with Gasteiger partial charge in [-0.2, -0.15) is 13.2 Å². The van der Waals surface area contributed by atoms with Crippen molar-refractivity contribution in [2.24, 2.45) is 5.41 Å². The van der Waals surface area contributed by atoms with E-state index >= 15 is 0 Å². The fraction of sp³-hybridized carbons (Fsp3) is 0.600. The zero-order chi connectivity index (χ0) is 12.8. The molecule has 2 aliphatic rings. The summed E-state index contributed by atoms with van der Waals surface area (Å²) in [6.07, 6.45) is -2.75. The molecule has 0 aromatic rings. The number of nitrogens with zero attached hydrogens (tertiary/aromatic N) is 1. The molecule has 7 heteroatoms. The quantitative estimate of drug-likeness (QED) is 0.759. The summed E-state index contributed by atoms with van der Waals surface area (Å²) in [5, 5.41) is 8.65. The molecule has 1 spiro atoms. The van der Waals surface area contributed by atoms with Crippen LogP contribution >= 0.6 is 0 Å². The molecule has 1 N–H and O–H groups in total. The van der Waals surface area contributed by atoms with E-state index in [4.69, 9.17) is 5.11 Å². The minimum Gasteiger partial charge on any atom is -0.478 e. The average Bonchev–Trinajstić information content (AvgIpc) is 2.56. The van der Waals surface area contributed by atoms with Gasteiger partial charge in [0.15, 0.2) is 0 Å². The largest absolute Gasteiger partial charge is 0.478 e. The SMILES string of the molecule is O=C(O)C1=CC2(CCN(C(=O)C(F)(F)F)C2)C1. The summed E-state index contributed by atoms with van der Waals surface area (Å²) in [4.78, 5) is 22.3. The minimum absolute atomic E-state index is 0.0295. The smallest absolute Gasteiger partial charge is 0.471 e. The minimum atomic E-state index is -4.85. The van der Waals surface area contributed by atoms with E-state index in [0.29, 0.717) is 6.42 Å². The topological polar surface area (TPSA) is 57.6 Å². The van der Waals surface area contributed by atoms with Crippen LogP contribution in [-0.2, 0) is 9.59 Å². The van der Waals surface area contributed by atoms with E-state index in [1.165, 1.54) is 6.08 Å². The van der Waals surface area contributed by atoms with E-state index in [1.807, 2.05) is 0 Å². The molecule has 94 valence electrons. The lowest BCUT2D eigenvalue weighted by atomic mass is 9.70. The van der Waals surface area contributed by atoms with Crippen LogP contribution in [0.5, 0.6) is 0 Å². The van der Waals surface area contributed by atoms with Crippen molar-refractivity contribution in [3.8, 4) is 0 Å². The summed E-state index contributed by atoms with van der Waals surface area (Å²) in [6.45, 7) is -0.0101. The summed E-state index contributed by atoms with van der Waals surface area (Å²) < 4.78 is 36.5. The summed E-state index contributed by atoms with van der Waals surface area (Å²) in [5.74, 6) is -2.89. The van der Waals surface area contributed by atoms with Crippen LogP contribution in [0.15, 0.2) is 11.6 Å². The molecule has 0 aromatic carbocycles. The predicted octanol–water partition coefficient (Wildman–Crippen LogP) is 1.18. The summed E-state index contributed by atoms with van der Waals surface area (Å²) in [7, 11) is 0. The first-order valence-corrected chi connectivity index (χ1v) is 5.05. The molecule has 0 bridgehead atoms. The third-order valence-electron chi connectivity index (χ3n) is 3.21. The Labute approximate surface area is 94.7 Å². The van der Waals surface area contributed by atoms with E-state index in [2.05, 4.69) is 0 Å². The molecule has 0 radical (unpaired) electrons. The van der Waals surface area contributed by atoms with Crippen molar-refractivity contribution in [2.45, 2.75) is 19.0 Å². The molecule has 1 aliphatic heterocycles. The maximum atomic E-state index is 12.2. The molecule has 2 rings (SSSR count). The molecule has 1 unspecified atom stereocenters. The number of carbonyl (C=O) groups excluding carboxylic acids is 1. The van der Waals surface area contributed by atoms with Crippen molar-refractivity contribution in [1.29, 1.82) is 0 Å². The third kappa shape index (κ3) is 2.01. The maximum absolute atomic E-state index is 12.2. The van der Waals surface area contributed by atoms with Gasteiger partial charge >= 0.3 is 18.1 Å². The molecule has 1 saturated heterocycles. The molecule has 0 saturated carbocycles. The molecule has 0 aromatic heterocycles. The highest BCUT2D eigenvalue weighted by molar-refractivity contribution is 5.89. The maximum Gasteiger partial charge on any atom is 0.471 e. The van der Waals surface area contributed by atoms with Gasteiger partial charge in [-0.3, -0.25) is 4.79 Å². The fourth-order valence-electron chi connectivity index (χ4n) is 2.37. The molecule has 1 aliphatic carbocycles. The zero-order valence-corrected chi connectivity index (χ0v) is 8.75. The predicted molar refractivity (Wildman–Crippen MR) is 50.0 cm³/mol. The van der Waals surface area contributed by atoms with Crippen molar-refractivity contribution in [3.63, 3.8) is 0 Å². The molecule has 4 nitrogen and oxygen atoms in total. The Bertz CT molecular complexity index is 416. The Hall–Kier alpha value is -1.53. The van der Waals surface area contributed by atoms with Gasteiger partial charge in [0.05, 0.1) is 0 Å². The number of hydrogen-bond donors (Lipinski definition) is 1. The number of alkyl halides is 3. The van der Waals surface area contributed by atoms with E-state index in [1.54, 1.807) is 0 Å². The summed E-state index contributed by atoms with van der Waals surface area (Å²) in [6, 6.07) is 0. The summed E-state index contributed by atoms with van der Waals surface area (Å²) in [5.41, 5.74) is -0.333. The lowest BCUT2D eigenvalue weighted by Gasteiger charge is -2.34. The van der Waals surface area contributed by atoms with E-state index in [9.17, 15) is 22.8 Å². The van der Waals surface area contributed by atoms with Gasteiger partial charge in [0.25, 0.3) is 0 Å². The normalized spacial score (nSPS) is 27.9. The molecule has 17 heavy (non-hydrogen) atoms. The number of amides is 1. The fourth-order valence-corrected chi connectivity index (χ4v) is 2.37. The molecule has 1 atom stereocenters. The van der Waals surface area contributed by atoms with Crippen molar-refractivity contribution in [2.75, 3.05) is 13.1 Å². The van der Waals surface area contributed by atoms with Gasteiger partial charge in [0.2, 0.25) is 0 Å². The van der Waals surface area contributed by atoms with Gasteiger partial charge < -0.3 is 10.0 Å². The Morgan fingerprint density at radius 1 is 1.41 bits per heavy atom.